The van der Waals surface area contributed by atoms with Gasteiger partial charge in [-0.15, -0.1) is 0 Å². The lowest BCUT2D eigenvalue weighted by molar-refractivity contribution is -0.122. The normalized spacial score (nSPS) is 23.5. The Kier molecular flexibility index (Phi) is 5.16. The third-order valence-electron chi connectivity index (χ3n) is 8.92. The Morgan fingerprint density at radius 1 is 0.857 bits per heavy atom. The first-order chi connectivity index (χ1) is 20.5. The third-order valence-corrected chi connectivity index (χ3v) is 8.92. The number of carbonyl (C=O) groups excluding carboxylic acids is 3. The second-order valence-electron chi connectivity index (χ2n) is 11.0. The molecule has 1 saturated heterocycles. The van der Waals surface area contributed by atoms with E-state index in [-0.39, 0.29) is 23.0 Å². The highest BCUT2D eigenvalue weighted by atomic mass is 19.1. The van der Waals surface area contributed by atoms with Crippen molar-refractivity contribution in [2.75, 3.05) is 5.32 Å². The van der Waals surface area contributed by atoms with E-state index in [2.05, 4.69) is 5.32 Å². The SMILES string of the molecule is O=C(c1ccc(F)cc1)[C@H]1[C@H](C(=O)c2cc3ccccc3o2)[C@@]2(C(=O)Nc3ccccc32)[C@H]2c3ccccc3C=CN12. The van der Waals surface area contributed by atoms with E-state index in [1.165, 1.54) is 24.3 Å². The molecule has 6 nitrogen and oxygen atoms in total. The highest BCUT2D eigenvalue weighted by molar-refractivity contribution is 6.16. The second kappa shape index (κ2) is 8.85. The number of hydrogen-bond donors (Lipinski definition) is 1. The molecule has 1 spiro atoms. The number of nitrogens with zero attached hydrogens (tertiary/aromatic N) is 1. The largest absolute Gasteiger partial charge is 0.453 e. The standard InChI is InChI=1S/C35H23FN2O4/c36-23-15-13-21(14-16-23)31(39)30-29(32(40)28-19-22-8-2-6-12-27(22)42-28)35(25-10-4-5-11-26(25)37-34(35)41)33-24-9-3-1-7-20(24)17-18-38(30)33/h1-19,29-30,33H,(H,37,41)/t29-,30-,33-,35-/m1/s1. The van der Waals surface area contributed by atoms with Crippen molar-refractivity contribution in [3.05, 3.63) is 143 Å². The Balaban J connectivity index is 1.43. The molecular weight excluding hydrogens is 531 g/mol. The number of halogens is 1. The van der Waals surface area contributed by atoms with Crippen LogP contribution >= 0.6 is 0 Å². The second-order valence-corrected chi connectivity index (χ2v) is 11.0. The van der Waals surface area contributed by atoms with Gasteiger partial charge in [-0.3, -0.25) is 14.4 Å². The summed E-state index contributed by atoms with van der Waals surface area (Å²) in [6.45, 7) is 0. The Morgan fingerprint density at radius 3 is 2.43 bits per heavy atom. The van der Waals surface area contributed by atoms with Gasteiger partial charge in [-0.05, 0) is 65.2 Å². The van der Waals surface area contributed by atoms with E-state index in [1.807, 2.05) is 77.7 Å². The number of ketones is 2. The number of hydrogen-bond acceptors (Lipinski definition) is 5. The number of anilines is 1. The number of fused-ring (bicyclic) bond motifs is 7. The van der Waals surface area contributed by atoms with Crippen LogP contribution in [0.3, 0.4) is 0 Å². The summed E-state index contributed by atoms with van der Waals surface area (Å²) in [6, 6.07) is 27.6. The molecule has 3 aliphatic rings. The number of rotatable bonds is 4. The van der Waals surface area contributed by atoms with Crippen molar-refractivity contribution in [3.63, 3.8) is 0 Å². The Hall–Kier alpha value is -5.30. The summed E-state index contributed by atoms with van der Waals surface area (Å²) in [5.41, 5.74) is 2.31. The van der Waals surface area contributed by atoms with Gasteiger partial charge in [-0.1, -0.05) is 60.7 Å². The van der Waals surface area contributed by atoms with E-state index >= 15 is 0 Å². The van der Waals surface area contributed by atoms with Gasteiger partial charge < -0.3 is 14.6 Å². The molecule has 0 bridgehead atoms. The van der Waals surface area contributed by atoms with Crippen LogP contribution in [0.25, 0.3) is 17.0 Å². The minimum Gasteiger partial charge on any atom is -0.453 e. The first-order valence-electron chi connectivity index (χ1n) is 13.8. The zero-order chi connectivity index (χ0) is 28.6. The van der Waals surface area contributed by atoms with Gasteiger partial charge >= 0.3 is 0 Å². The molecule has 3 aliphatic heterocycles. The maximum Gasteiger partial charge on any atom is 0.238 e. The molecule has 1 fully saturated rings. The molecular formula is C35H23FN2O4. The topological polar surface area (TPSA) is 79.6 Å². The van der Waals surface area contributed by atoms with Crippen molar-refractivity contribution in [2.45, 2.75) is 17.5 Å². The monoisotopic (exact) mass is 554 g/mol. The van der Waals surface area contributed by atoms with Crippen LogP contribution in [0.15, 0.2) is 114 Å². The maximum absolute atomic E-state index is 14.9. The summed E-state index contributed by atoms with van der Waals surface area (Å²) in [5.74, 6) is -2.75. The average Bonchev–Trinajstić information content (AvgIpc) is 3.68. The van der Waals surface area contributed by atoms with Crippen molar-refractivity contribution in [2.24, 2.45) is 5.92 Å². The van der Waals surface area contributed by atoms with Crippen molar-refractivity contribution >= 4 is 40.2 Å². The lowest BCUT2D eigenvalue weighted by atomic mass is 9.63. The van der Waals surface area contributed by atoms with Gasteiger partial charge in [0.25, 0.3) is 0 Å². The summed E-state index contributed by atoms with van der Waals surface area (Å²) in [7, 11) is 0. The Morgan fingerprint density at radius 2 is 1.60 bits per heavy atom. The number of furan rings is 1. The van der Waals surface area contributed by atoms with E-state index in [0.29, 0.717) is 16.8 Å². The molecule has 1 N–H and O–H groups in total. The van der Waals surface area contributed by atoms with E-state index in [4.69, 9.17) is 4.42 Å². The quantitative estimate of drug-likeness (QED) is 0.255. The van der Waals surface area contributed by atoms with Crippen LogP contribution in [-0.2, 0) is 10.2 Å². The lowest BCUT2D eigenvalue weighted by Gasteiger charge is -2.38. The van der Waals surface area contributed by atoms with Crippen LogP contribution in [0.4, 0.5) is 10.1 Å². The minimum atomic E-state index is -1.46. The summed E-state index contributed by atoms with van der Waals surface area (Å²) < 4.78 is 20.0. The fourth-order valence-electron chi connectivity index (χ4n) is 7.21. The number of nitrogens with one attached hydrogen (secondary N) is 1. The molecule has 4 aromatic carbocycles. The molecule has 42 heavy (non-hydrogen) atoms. The van der Waals surface area contributed by atoms with E-state index in [0.717, 1.165) is 16.5 Å². The number of Topliss-reactive ketones (excluding diaryl/α,β-unsaturated/α-hetero) is 2. The molecule has 5 aromatic rings. The van der Waals surface area contributed by atoms with Crippen molar-refractivity contribution < 1.29 is 23.2 Å². The van der Waals surface area contributed by atoms with Crippen LogP contribution in [0, 0.1) is 11.7 Å². The minimum absolute atomic E-state index is 0.0757. The van der Waals surface area contributed by atoms with Crippen LogP contribution in [0.2, 0.25) is 0 Å². The fraction of sp³-hybridized carbons (Fsp3) is 0.114. The summed E-state index contributed by atoms with van der Waals surface area (Å²) in [5, 5.41) is 3.77. The van der Waals surface area contributed by atoms with Crippen molar-refractivity contribution in [1.29, 1.82) is 0 Å². The molecule has 1 aromatic heterocycles. The first kappa shape index (κ1) is 24.5. The van der Waals surface area contributed by atoms with Gasteiger partial charge in [-0.2, -0.15) is 0 Å². The highest BCUT2D eigenvalue weighted by Crippen LogP contribution is 2.62. The average molecular weight is 555 g/mol. The predicted octanol–water partition coefficient (Wildman–Crippen LogP) is 6.55. The van der Waals surface area contributed by atoms with Crippen LogP contribution in [0.5, 0.6) is 0 Å². The van der Waals surface area contributed by atoms with Gasteiger partial charge in [0, 0.05) is 22.8 Å². The maximum atomic E-state index is 14.9. The molecule has 4 heterocycles. The van der Waals surface area contributed by atoms with Crippen molar-refractivity contribution in [1.82, 2.24) is 4.90 Å². The molecule has 4 atom stereocenters. The van der Waals surface area contributed by atoms with E-state index in [1.54, 1.807) is 18.3 Å². The third kappa shape index (κ3) is 3.22. The van der Waals surface area contributed by atoms with Crippen molar-refractivity contribution in [3.8, 4) is 0 Å². The van der Waals surface area contributed by atoms with Crippen LogP contribution in [-0.4, -0.2) is 28.4 Å². The van der Waals surface area contributed by atoms with Gasteiger partial charge in [0.05, 0.1) is 12.0 Å². The molecule has 0 unspecified atom stereocenters. The molecule has 8 rings (SSSR count). The molecule has 204 valence electrons. The predicted molar refractivity (Wildman–Crippen MR) is 155 cm³/mol. The number of carbonyl (C=O) groups is 3. The summed E-state index contributed by atoms with van der Waals surface area (Å²) in [6.07, 6.45) is 3.71. The molecule has 0 radical (unpaired) electrons. The van der Waals surface area contributed by atoms with Gasteiger partial charge in [0.2, 0.25) is 11.7 Å². The highest BCUT2D eigenvalue weighted by Gasteiger charge is 2.71. The smallest absolute Gasteiger partial charge is 0.238 e. The summed E-state index contributed by atoms with van der Waals surface area (Å²) >= 11 is 0. The Labute approximate surface area is 240 Å². The van der Waals surface area contributed by atoms with Crippen LogP contribution in [0.1, 0.15) is 43.6 Å². The van der Waals surface area contributed by atoms with Gasteiger partial charge in [-0.25, -0.2) is 4.39 Å². The summed E-state index contributed by atoms with van der Waals surface area (Å²) in [4.78, 5) is 45.7. The number of para-hydroxylation sites is 2. The molecule has 0 aliphatic carbocycles. The van der Waals surface area contributed by atoms with Gasteiger partial charge in [0.1, 0.15) is 22.9 Å². The lowest BCUT2D eigenvalue weighted by Crippen LogP contribution is -2.49. The fourth-order valence-corrected chi connectivity index (χ4v) is 7.21. The van der Waals surface area contributed by atoms with Gasteiger partial charge in [0.15, 0.2) is 11.5 Å². The zero-order valence-electron chi connectivity index (χ0n) is 22.2. The molecule has 0 saturated carbocycles. The number of amides is 1. The molecule has 1 amide bonds. The molecule has 7 heteroatoms. The zero-order valence-corrected chi connectivity index (χ0v) is 22.2. The Bertz CT molecular complexity index is 1940. The van der Waals surface area contributed by atoms with Crippen LogP contribution < -0.4 is 5.32 Å². The van der Waals surface area contributed by atoms with E-state index in [9.17, 15) is 18.8 Å². The number of benzene rings is 4. The first-order valence-corrected chi connectivity index (χ1v) is 13.8. The van der Waals surface area contributed by atoms with E-state index < -0.39 is 35.0 Å².